The summed E-state index contributed by atoms with van der Waals surface area (Å²) in [5, 5.41) is 0.470. The number of anilines is 2. The molecule has 2 N–H and O–H groups in total. The lowest BCUT2D eigenvalue weighted by molar-refractivity contribution is -0.117. The fraction of sp³-hybridized carbons (Fsp3) is 0.423. The van der Waals surface area contributed by atoms with Gasteiger partial charge in [0.15, 0.2) is 5.82 Å². The highest BCUT2D eigenvalue weighted by Crippen LogP contribution is 2.29. The van der Waals surface area contributed by atoms with Crippen molar-refractivity contribution in [3.05, 3.63) is 53.4 Å². The zero-order chi connectivity index (χ0) is 26.5. The number of hydrogen-bond donors (Lipinski definition) is 2. The summed E-state index contributed by atoms with van der Waals surface area (Å²) >= 11 is 0. The van der Waals surface area contributed by atoms with Gasteiger partial charge in [-0.25, -0.2) is 18.0 Å². The number of aromatic amines is 1. The molecule has 37 heavy (non-hydrogen) atoms. The lowest BCUT2D eigenvalue weighted by Crippen LogP contribution is -2.46. The van der Waals surface area contributed by atoms with Crippen molar-refractivity contribution in [1.29, 1.82) is 0 Å². The molecule has 0 amide bonds. The first kappa shape index (κ1) is 26.9. The third-order valence-corrected chi connectivity index (χ3v) is 7.66. The molecule has 1 aliphatic rings. The normalized spacial score (nSPS) is 15.2. The third-order valence-electron chi connectivity index (χ3n) is 6.43. The van der Waals surface area contributed by atoms with E-state index >= 15 is 4.39 Å². The number of piperazine rings is 1. The fourth-order valence-electron chi connectivity index (χ4n) is 4.47. The van der Waals surface area contributed by atoms with Crippen molar-refractivity contribution in [1.82, 2.24) is 14.9 Å². The quantitative estimate of drug-likeness (QED) is 0.363. The summed E-state index contributed by atoms with van der Waals surface area (Å²) < 4.78 is 44.4. The summed E-state index contributed by atoms with van der Waals surface area (Å²) in [6.45, 7) is 7.51. The van der Waals surface area contributed by atoms with Crippen LogP contribution in [0.15, 0.2) is 30.6 Å². The number of ketones is 2. The van der Waals surface area contributed by atoms with Crippen LogP contribution in [0.1, 0.15) is 49.0 Å². The van der Waals surface area contributed by atoms with E-state index in [0.717, 1.165) is 57.0 Å². The van der Waals surface area contributed by atoms with E-state index in [1.807, 2.05) is 13.0 Å². The molecule has 1 fully saturated rings. The van der Waals surface area contributed by atoms with E-state index in [2.05, 4.69) is 24.5 Å². The van der Waals surface area contributed by atoms with E-state index in [-0.39, 0.29) is 17.0 Å². The first-order valence-electron chi connectivity index (χ1n) is 12.4. The lowest BCUT2D eigenvalue weighted by atomic mass is 10.0. The van der Waals surface area contributed by atoms with E-state index in [4.69, 9.17) is 0 Å². The number of aromatic nitrogens is 2. The van der Waals surface area contributed by atoms with Crippen LogP contribution in [-0.4, -0.2) is 69.1 Å². The Morgan fingerprint density at radius 1 is 1.19 bits per heavy atom. The molecular formula is C26H31F2N5O3S. The van der Waals surface area contributed by atoms with Gasteiger partial charge in [0.05, 0.1) is 23.1 Å². The Morgan fingerprint density at radius 3 is 2.65 bits per heavy atom. The van der Waals surface area contributed by atoms with Gasteiger partial charge in [0, 0.05) is 55.5 Å². The van der Waals surface area contributed by atoms with Crippen molar-refractivity contribution in [2.24, 2.45) is 0 Å². The molecule has 1 atom stereocenters. The maximum absolute atomic E-state index is 15.2. The van der Waals surface area contributed by atoms with E-state index in [1.165, 1.54) is 6.20 Å². The van der Waals surface area contributed by atoms with Crippen LogP contribution in [0.2, 0.25) is 0 Å². The third kappa shape index (κ3) is 6.22. The van der Waals surface area contributed by atoms with E-state index in [0.29, 0.717) is 29.6 Å². The number of nitrogens with one attached hydrogen (secondary N) is 2. The molecule has 198 valence electrons. The Bertz CT molecular complexity index is 1320. The predicted molar refractivity (Wildman–Crippen MR) is 141 cm³/mol. The smallest absolute Gasteiger partial charge is 0.201 e. The van der Waals surface area contributed by atoms with Gasteiger partial charge < -0.3 is 19.4 Å². The Labute approximate surface area is 217 Å². The number of H-pyrrole nitrogens is 1. The molecule has 8 nitrogen and oxygen atoms in total. The topological polar surface area (TPSA) is 98.4 Å². The number of carbonyl (C=O) groups is 2. The van der Waals surface area contributed by atoms with E-state index in [1.54, 1.807) is 13.1 Å². The minimum atomic E-state index is -1.55. The Hall–Kier alpha value is -3.18. The number of pyridine rings is 1. The minimum absolute atomic E-state index is 0.108. The van der Waals surface area contributed by atoms with Crippen molar-refractivity contribution >= 4 is 45.0 Å². The van der Waals surface area contributed by atoms with Gasteiger partial charge in [-0.2, -0.15) is 0 Å². The molecule has 1 aliphatic heterocycles. The number of benzene rings is 1. The van der Waals surface area contributed by atoms with E-state index < -0.39 is 34.0 Å². The van der Waals surface area contributed by atoms with Crippen LogP contribution in [0.3, 0.4) is 0 Å². The SMILES string of the molecule is CCCS(=O)Nc1ccc(F)c(C(=O)c2c[nH]c3ncc(N4CCN(CCCC(C)=O)CC4)cc23)c1F. The molecule has 1 unspecified atom stereocenters. The molecule has 3 aromatic rings. The van der Waals surface area contributed by atoms with Crippen LogP contribution in [0.4, 0.5) is 20.2 Å². The number of carbonyl (C=O) groups excluding carboxylic acids is 2. The highest BCUT2D eigenvalue weighted by Gasteiger charge is 2.26. The van der Waals surface area contributed by atoms with Gasteiger partial charge in [-0.1, -0.05) is 6.92 Å². The van der Waals surface area contributed by atoms with Crippen LogP contribution < -0.4 is 9.62 Å². The zero-order valence-electron chi connectivity index (χ0n) is 21.0. The first-order chi connectivity index (χ1) is 17.8. The molecule has 0 bridgehead atoms. The number of hydrogen-bond acceptors (Lipinski definition) is 6. The summed E-state index contributed by atoms with van der Waals surface area (Å²) in [5.41, 5.74) is 0.474. The summed E-state index contributed by atoms with van der Waals surface area (Å²) in [4.78, 5) is 36.3. The number of Topliss-reactive ketones (excluding diaryl/α,β-unsaturated/α-hetero) is 1. The second-order valence-electron chi connectivity index (χ2n) is 9.19. The average molecular weight is 532 g/mol. The highest BCUT2D eigenvalue weighted by molar-refractivity contribution is 7.86. The Balaban J connectivity index is 1.54. The number of fused-ring (bicyclic) bond motifs is 1. The molecule has 3 heterocycles. The Kier molecular flexibility index (Phi) is 8.65. The summed E-state index contributed by atoms with van der Waals surface area (Å²) in [6, 6.07) is 3.95. The minimum Gasteiger partial charge on any atom is -0.368 e. The molecule has 0 radical (unpaired) electrons. The Morgan fingerprint density at radius 2 is 1.95 bits per heavy atom. The maximum atomic E-state index is 15.2. The number of rotatable bonds is 11. The van der Waals surface area contributed by atoms with Crippen LogP contribution in [-0.2, 0) is 15.8 Å². The molecule has 0 spiro atoms. The van der Waals surface area contributed by atoms with Gasteiger partial charge in [0.25, 0.3) is 0 Å². The van der Waals surface area contributed by atoms with Gasteiger partial charge >= 0.3 is 0 Å². The van der Waals surface area contributed by atoms with Crippen LogP contribution in [0, 0.1) is 11.6 Å². The van der Waals surface area contributed by atoms with Gasteiger partial charge in [-0.3, -0.25) is 9.69 Å². The van der Waals surface area contributed by atoms with Gasteiger partial charge in [-0.15, -0.1) is 0 Å². The molecule has 4 rings (SSSR count). The monoisotopic (exact) mass is 531 g/mol. The molecule has 11 heteroatoms. The largest absolute Gasteiger partial charge is 0.368 e. The molecule has 0 saturated carbocycles. The van der Waals surface area contributed by atoms with Gasteiger partial charge in [0.2, 0.25) is 5.78 Å². The summed E-state index contributed by atoms with van der Waals surface area (Å²) in [6.07, 6.45) is 5.17. The van der Waals surface area contributed by atoms with Gasteiger partial charge in [0.1, 0.15) is 28.2 Å². The summed E-state index contributed by atoms with van der Waals surface area (Å²) in [5.74, 6) is -2.39. The molecule has 2 aromatic heterocycles. The van der Waals surface area contributed by atoms with E-state index in [9.17, 15) is 18.2 Å². The second kappa shape index (κ2) is 11.9. The van der Waals surface area contributed by atoms with Crippen molar-refractivity contribution in [3.63, 3.8) is 0 Å². The molecule has 1 saturated heterocycles. The zero-order valence-corrected chi connectivity index (χ0v) is 21.8. The predicted octanol–water partition coefficient (Wildman–Crippen LogP) is 4.05. The van der Waals surface area contributed by atoms with Crippen molar-refractivity contribution < 1.29 is 22.6 Å². The average Bonchev–Trinajstić information content (AvgIpc) is 3.29. The van der Waals surface area contributed by atoms with Crippen molar-refractivity contribution in [2.75, 3.05) is 48.1 Å². The van der Waals surface area contributed by atoms with Crippen molar-refractivity contribution in [3.8, 4) is 0 Å². The lowest BCUT2D eigenvalue weighted by Gasteiger charge is -2.36. The standard InChI is InChI=1S/C26H31F2N5O3S/c1-3-13-37(36)31-22-7-6-21(27)23(24(22)28)25(35)20-16-30-26-19(20)14-18(15-29-26)33-11-9-32(10-12-33)8-4-5-17(2)34/h6-7,14-16,31H,3-5,8-13H2,1-2H3,(H,29,30). The molecule has 0 aliphatic carbocycles. The first-order valence-corrected chi connectivity index (χ1v) is 13.7. The molecular weight excluding hydrogens is 500 g/mol. The number of nitrogens with zero attached hydrogens (tertiary/aromatic N) is 3. The number of halogens is 2. The highest BCUT2D eigenvalue weighted by atomic mass is 32.2. The van der Waals surface area contributed by atoms with Crippen molar-refractivity contribution in [2.45, 2.75) is 33.1 Å². The maximum Gasteiger partial charge on any atom is 0.201 e. The fourth-order valence-corrected chi connectivity index (χ4v) is 5.34. The van der Waals surface area contributed by atoms with Gasteiger partial charge in [-0.05, 0) is 44.5 Å². The summed E-state index contributed by atoms with van der Waals surface area (Å²) in [7, 11) is -1.55. The van der Waals surface area contributed by atoms with Crippen LogP contribution in [0.5, 0.6) is 0 Å². The molecule has 1 aromatic carbocycles. The van der Waals surface area contributed by atoms with Crippen LogP contribution >= 0.6 is 0 Å². The second-order valence-corrected chi connectivity index (χ2v) is 10.5. The van der Waals surface area contributed by atoms with Crippen LogP contribution in [0.25, 0.3) is 11.0 Å².